The van der Waals surface area contributed by atoms with Gasteiger partial charge in [0.15, 0.2) is 11.5 Å². The van der Waals surface area contributed by atoms with E-state index in [1.54, 1.807) is 13.2 Å². The lowest BCUT2D eigenvalue weighted by molar-refractivity contribution is -0.137. The molecule has 0 radical (unpaired) electrons. The van der Waals surface area contributed by atoms with Gasteiger partial charge < -0.3 is 19.5 Å². The molecule has 2 fully saturated rings. The number of carbonyl (C=O) groups excluding carboxylic acids is 1. The first-order chi connectivity index (χ1) is 12.2. The standard InChI is InChI=1S/C20H27NO4/c1-3-24-20(22)12-16-10-15(13-21-16)14-8-9-18(23-2)19(11-14)25-17-6-4-5-7-17/h8-9,11-12,15,17,21H,3-7,10,13H2,1-2H3/b16-12-. The van der Waals surface area contributed by atoms with Gasteiger partial charge in [0.05, 0.1) is 19.8 Å². The van der Waals surface area contributed by atoms with E-state index in [1.807, 2.05) is 13.0 Å². The Bertz CT molecular complexity index is 635. The largest absolute Gasteiger partial charge is 0.493 e. The van der Waals surface area contributed by atoms with Crippen molar-refractivity contribution in [2.24, 2.45) is 0 Å². The van der Waals surface area contributed by atoms with E-state index in [-0.39, 0.29) is 5.97 Å². The minimum Gasteiger partial charge on any atom is -0.493 e. The molecule has 1 aromatic carbocycles. The first kappa shape index (κ1) is 17.6. The van der Waals surface area contributed by atoms with E-state index in [2.05, 4.69) is 17.4 Å². The van der Waals surface area contributed by atoms with Crippen LogP contribution >= 0.6 is 0 Å². The average Bonchev–Trinajstić information content (AvgIpc) is 3.27. The second kappa shape index (κ2) is 8.28. The fourth-order valence-corrected chi connectivity index (χ4v) is 3.56. The molecule has 0 spiro atoms. The van der Waals surface area contributed by atoms with Crippen molar-refractivity contribution < 1.29 is 19.0 Å². The number of methoxy groups -OCH3 is 1. The Balaban J connectivity index is 1.71. The number of rotatable bonds is 6. The summed E-state index contributed by atoms with van der Waals surface area (Å²) in [6, 6.07) is 6.16. The second-order valence-electron chi connectivity index (χ2n) is 6.64. The SMILES string of the molecule is CCOC(=O)/C=C1/CC(c2ccc(OC)c(OC3CCCC3)c2)CN1. The van der Waals surface area contributed by atoms with Crippen LogP contribution in [0.5, 0.6) is 11.5 Å². The Labute approximate surface area is 149 Å². The van der Waals surface area contributed by atoms with Gasteiger partial charge >= 0.3 is 5.97 Å². The third kappa shape index (κ3) is 4.47. The zero-order chi connectivity index (χ0) is 17.6. The lowest BCUT2D eigenvalue weighted by atomic mass is 9.97. The van der Waals surface area contributed by atoms with E-state index in [1.165, 1.54) is 18.4 Å². The molecule has 25 heavy (non-hydrogen) atoms. The van der Waals surface area contributed by atoms with Crippen LogP contribution < -0.4 is 14.8 Å². The van der Waals surface area contributed by atoms with Gasteiger partial charge in [-0.15, -0.1) is 0 Å². The summed E-state index contributed by atoms with van der Waals surface area (Å²) >= 11 is 0. The highest BCUT2D eigenvalue weighted by atomic mass is 16.5. The fourth-order valence-electron chi connectivity index (χ4n) is 3.56. The minimum atomic E-state index is -0.286. The third-order valence-corrected chi connectivity index (χ3v) is 4.88. The summed E-state index contributed by atoms with van der Waals surface area (Å²) in [5, 5.41) is 3.30. The summed E-state index contributed by atoms with van der Waals surface area (Å²) < 4.78 is 16.6. The van der Waals surface area contributed by atoms with Gasteiger partial charge in [-0.2, -0.15) is 0 Å². The smallest absolute Gasteiger partial charge is 0.332 e. The molecule has 1 saturated carbocycles. The molecule has 2 aliphatic rings. The number of esters is 1. The van der Waals surface area contributed by atoms with Crippen LogP contribution in [0.1, 0.15) is 50.5 Å². The molecule has 1 heterocycles. The second-order valence-corrected chi connectivity index (χ2v) is 6.64. The molecule has 0 aromatic heterocycles. The van der Waals surface area contributed by atoms with Crippen LogP contribution in [0.15, 0.2) is 30.0 Å². The van der Waals surface area contributed by atoms with Gasteiger partial charge in [-0.05, 0) is 56.7 Å². The average molecular weight is 345 g/mol. The van der Waals surface area contributed by atoms with Crippen LogP contribution in [0.3, 0.4) is 0 Å². The predicted octanol–water partition coefficient (Wildman–Crippen LogP) is 3.54. The van der Waals surface area contributed by atoms with Crippen LogP contribution in [-0.2, 0) is 9.53 Å². The van der Waals surface area contributed by atoms with Crippen molar-refractivity contribution >= 4 is 5.97 Å². The normalized spacial score (nSPS) is 22.0. The van der Waals surface area contributed by atoms with Crippen molar-refractivity contribution in [2.45, 2.75) is 51.0 Å². The molecule has 1 aliphatic carbocycles. The lowest BCUT2D eigenvalue weighted by Gasteiger charge is -2.18. The first-order valence-electron chi connectivity index (χ1n) is 9.15. The third-order valence-electron chi connectivity index (χ3n) is 4.88. The van der Waals surface area contributed by atoms with E-state index in [0.717, 1.165) is 43.0 Å². The summed E-state index contributed by atoms with van der Waals surface area (Å²) in [7, 11) is 1.67. The molecule has 1 unspecified atom stereocenters. The highest BCUT2D eigenvalue weighted by Gasteiger charge is 2.24. The Morgan fingerprint density at radius 2 is 2.08 bits per heavy atom. The van der Waals surface area contributed by atoms with Crippen molar-refractivity contribution in [3.8, 4) is 11.5 Å². The Morgan fingerprint density at radius 3 is 2.80 bits per heavy atom. The zero-order valence-corrected chi connectivity index (χ0v) is 15.0. The van der Waals surface area contributed by atoms with Crippen LogP contribution in [0, 0.1) is 0 Å². The van der Waals surface area contributed by atoms with E-state index in [4.69, 9.17) is 14.2 Å². The molecule has 3 rings (SSSR count). The van der Waals surface area contributed by atoms with E-state index in [9.17, 15) is 4.79 Å². The van der Waals surface area contributed by atoms with Crippen molar-refractivity contribution in [2.75, 3.05) is 20.3 Å². The number of hydrogen-bond acceptors (Lipinski definition) is 5. The molecular formula is C20H27NO4. The fraction of sp³-hybridized carbons (Fsp3) is 0.550. The van der Waals surface area contributed by atoms with Crippen molar-refractivity contribution in [1.82, 2.24) is 5.32 Å². The predicted molar refractivity (Wildman–Crippen MR) is 96.0 cm³/mol. The van der Waals surface area contributed by atoms with Gasteiger partial charge in [-0.3, -0.25) is 0 Å². The zero-order valence-electron chi connectivity index (χ0n) is 15.0. The first-order valence-corrected chi connectivity index (χ1v) is 9.15. The van der Waals surface area contributed by atoms with Crippen LogP contribution in [0.25, 0.3) is 0 Å². The van der Waals surface area contributed by atoms with Gasteiger partial charge in [0.25, 0.3) is 0 Å². The van der Waals surface area contributed by atoms with Crippen LogP contribution in [0.2, 0.25) is 0 Å². The minimum absolute atomic E-state index is 0.286. The number of allylic oxidation sites excluding steroid dienone is 1. The summed E-state index contributed by atoms with van der Waals surface area (Å²) in [6.07, 6.45) is 7.36. The summed E-state index contributed by atoms with van der Waals surface area (Å²) in [6.45, 7) is 3.01. The number of benzene rings is 1. The van der Waals surface area contributed by atoms with E-state index < -0.39 is 0 Å². The van der Waals surface area contributed by atoms with E-state index >= 15 is 0 Å². The molecule has 1 aliphatic heterocycles. The molecule has 0 bridgehead atoms. The lowest BCUT2D eigenvalue weighted by Crippen LogP contribution is -2.12. The molecule has 136 valence electrons. The summed E-state index contributed by atoms with van der Waals surface area (Å²) in [5.74, 6) is 1.64. The highest BCUT2D eigenvalue weighted by Crippen LogP contribution is 2.36. The molecule has 1 aromatic rings. The van der Waals surface area contributed by atoms with Crippen molar-refractivity contribution in [3.63, 3.8) is 0 Å². The summed E-state index contributed by atoms with van der Waals surface area (Å²) in [5.41, 5.74) is 2.13. The van der Waals surface area contributed by atoms with Crippen molar-refractivity contribution in [3.05, 3.63) is 35.5 Å². The van der Waals surface area contributed by atoms with Crippen molar-refractivity contribution in [1.29, 1.82) is 0 Å². The molecule has 5 heteroatoms. The number of ether oxygens (including phenoxy) is 3. The monoisotopic (exact) mass is 345 g/mol. The molecule has 1 saturated heterocycles. The molecule has 1 N–H and O–H groups in total. The quantitative estimate of drug-likeness (QED) is 0.631. The summed E-state index contributed by atoms with van der Waals surface area (Å²) in [4.78, 5) is 11.6. The van der Waals surface area contributed by atoms with Crippen LogP contribution in [0.4, 0.5) is 0 Å². The molecule has 1 atom stereocenters. The Morgan fingerprint density at radius 1 is 1.28 bits per heavy atom. The number of hydrogen-bond donors (Lipinski definition) is 1. The molecule has 5 nitrogen and oxygen atoms in total. The van der Waals surface area contributed by atoms with Gasteiger partial charge in [0.2, 0.25) is 0 Å². The maximum atomic E-state index is 11.6. The van der Waals surface area contributed by atoms with E-state index in [0.29, 0.717) is 18.6 Å². The van der Waals surface area contributed by atoms with Gasteiger partial charge in [-0.25, -0.2) is 4.79 Å². The maximum Gasteiger partial charge on any atom is 0.332 e. The van der Waals surface area contributed by atoms with Gasteiger partial charge in [0.1, 0.15) is 0 Å². The van der Waals surface area contributed by atoms with Gasteiger partial charge in [0, 0.05) is 24.2 Å². The highest BCUT2D eigenvalue weighted by molar-refractivity contribution is 5.82. The molecular weight excluding hydrogens is 318 g/mol. The Hall–Kier alpha value is -2.17. The van der Waals surface area contributed by atoms with Crippen LogP contribution in [-0.4, -0.2) is 32.3 Å². The Kier molecular flexibility index (Phi) is 5.84. The molecule has 0 amide bonds. The maximum absolute atomic E-state index is 11.6. The number of nitrogens with one attached hydrogen (secondary N) is 1. The topological polar surface area (TPSA) is 56.8 Å². The van der Waals surface area contributed by atoms with Gasteiger partial charge in [-0.1, -0.05) is 6.07 Å². The number of carbonyl (C=O) groups is 1.